The number of aromatic nitrogens is 4. The highest BCUT2D eigenvalue weighted by molar-refractivity contribution is 5.53. The van der Waals surface area contributed by atoms with Gasteiger partial charge in [-0.25, -0.2) is 9.97 Å². The Morgan fingerprint density at radius 3 is 2.95 bits per heavy atom. The molecule has 1 aliphatic carbocycles. The van der Waals surface area contributed by atoms with Crippen LogP contribution in [0.4, 0.5) is 0 Å². The van der Waals surface area contributed by atoms with Gasteiger partial charge in [0.2, 0.25) is 0 Å². The molecule has 3 rings (SSSR count). The second-order valence-corrected chi connectivity index (χ2v) is 5.88. The maximum atomic E-state index is 4.79. The van der Waals surface area contributed by atoms with Gasteiger partial charge < -0.3 is 5.32 Å². The minimum absolute atomic E-state index is 0.712. The minimum Gasteiger partial charge on any atom is -0.317 e. The Hall–Kier alpha value is -1.75. The average molecular weight is 285 g/mol. The lowest BCUT2D eigenvalue weighted by Gasteiger charge is -2.25. The fourth-order valence-corrected chi connectivity index (χ4v) is 3.05. The van der Waals surface area contributed by atoms with Gasteiger partial charge in [0, 0.05) is 24.6 Å². The van der Waals surface area contributed by atoms with Crippen molar-refractivity contribution in [2.45, 2.75) is 33.1 Å². The van der Waals surface area contributed by atoms with Crippen LogP contribution in [0.2, 0.25) is 0 Å². The highest BCUT2D eigenvalue weighted by atomic mass is 15.2. The lowest BCUT2D eigenvalue weighted by molar-refractivity contribution is 0.423. The van der Waals surface area contributed by atoms with Crippen molar-refractivity contribution in [3.63, 3.8) is 0 Å². The summed E-state index contributed by atoms with van der Waals surface area (Å²) in [4.78, 5) is 9.49. The van der Waals surface area contributed by atoms with Gasteiger partial charge in [0.25, 0.3) is 0 Å². The second kappa shape index (κ2) is 5.93. The van der Waals surface area contributed by atoms with E-state index in [1.54, 1.807) is 4.68 Å². The summed E-state index contributed by atoms with van der Waals surface area (Å²) < 4.78 is 1.79. The van der Waals surface area contributed by atoms with Crippen molar-refractivity contribution in [3.8, 4) is 11.4 Å². The fraction of sp³-hybridized carbons (Fsp3) is 0.562. The van der Waals surface area contributed by atoms with Crippen molar-refractivity contribution < 1.29 is 0 Å². The first kappa shape index (κ1) is 14.2. The number of rotatable bonds is 4. The zero-order valence-electron chi connectivity index (χ0n) is 13.1. The van der Waals surface area contributed by atoms with E-state index in [0.717, 1.165) is 43.0 Å². The Labute approximate surface area is 125 Å². The molecule has 112 valence electrons. The first-order chi connectivity index (χ1) is 10.2. The van der Waals surface area contributed by atoms with Crippen LogP contribution in [-0.2, 0) is 19.9 Å². The second-order valence-electron chi connectivity index (χ2n) is 5.88. The molecule has 0 saturated heterocycles. The summed E-state index contributed by atoms with van der Waals surface area (Å²) in [5, 5.41) is 7.67. The quantitative estimate of drug-likeness (QED) is 0.932. The van der Waals surface area contributed by atoms with Crippen molar-refractivity contribution in [3.05, 3.63) is 29.3 Å². The summed E-state index contributed by atoms with van der Waals surface area (Å²) in [6.45, 7) is 6.40. The molecule has 0 spiro atoms. The van der Waals surface area contributed by atoms with Crippen molar-refractivity contribution >= 4 is 0 Å². The summed E-state index contributed by atoms with van der Waals surface area (Å²) in [7, 11) is 1.92. The molecule has 1 atom stereocenters. The van der Waals surface area contributed by atoms with Crippen LogP contribution in [0, 0.1) is 12.8 Å². The smallest absolute Gasteiger partial charge is 0.162 e. The van der Waals surface area contributed by atoms with Crippen molar-refractivity contribution in [1.82, 2.24) is 25.1 Å². The average Bonchev–Trinajstić information content (AvgIpc) is 2.92. The van der Waals surface area contributed by atoms with Gasteiger partial charge in [-0.05, 0) is 50.8 Å². The fourth-order valence-electron chi connectivity index (χ4n) is 3.05. The summed E-state index contributed by atoms with van der Waals surface area (Å²) >= 11 is 0. The summed E-state index contributed by atoms with van der Waals surface area (Å²) in [5.74, 6) is 1.52. The van der Waals surface area contributed by atoms with Gasteiger partial charge >= 0.3 is 0 Å². The van der Waals surface area contributed by atoms with Crippen LogP contribution in [0.25, 0.3) is 11.4 Å². The molecule has 0 radical (unpaired) electrons. The molecule has 0 bridgehead atoms. The molecule has 5 heteroatoms. The van der Waals surface area contributed by atoms with Crippen molar-refractivity contribution in [1.29, 1.82) is 0 Å². The van der Waals surface area contributed by atoms with E-state index in [9.17, 15) is 0 Å². The Morgan fingerprint density at radius 2 is 2.24 bits per heavy atom. The lowest BCUT2D eigenvalue weighted by atomic mass is 9.85. The lowest BCUT2D eigenvalue weighted by Crippen LogP contribution is -2.28. The van der Waals surface area contributed by atoms with Crippen LogP contribution in [-0.4, -0.2) is 32.8 Å². The highest BCUT2D eigenvalue weighted by Crippen LogP contribution is 2.27. The molecule has 1 aliphatic rings. The van der Waals surface area contributed by atoms with Crippen LogP contribution in [0.15, 0.2) is 12.4 Å². The topological polar surface area (TPSA) is 55.6 Å². The van der Waals surface area contributed by atoms with E-state index in [-0.39, 0.29) is 0 Å². The van der Waals surface area contributed by atoms with E-state index in [1.807, 2.05) is 19.4 Å². The zero-order chi connectivity index (χ0) is 14.8. The normalized spacial score (nSPS) is 17.8. The molecule has 0 amide bonds. The minimum atomic E-state index is 0.712. The molecule has 1 unspecified atom stereocenters. The summed E-state index contributed by atoms with van der Waals surface area (Å²) in [6, 6.07) is 0. The Bertz CT molecular complexity index is 632. The van der Waals surface area contributed by atoms with Gasteiger partial charge in [0.05, 0.1) is 11.8 Å². The molecule has 2 aromatic rings. The molecule has 5 nitrogen and oxygen atoms in total. The predicted octanol–water partition coefficient (Wildman–Crippen LogP) is 1.90. The van der Waals surface area contributed by atoms with Crippen molar-refractivity contribution in [2.24, 2.45) is 13.0 Å². The molecule has 2 aromatic heterocycles. The Kier molecular flexibility index (Phi) is 4.01. The number of hydrogen-bond acceptors (Lipinski definition) is 4. The molecule has 0 saturated carbocycles. The maximum absolute atomic E-state index is 4.79. The van der Waals surface area contributed by atoms with Gasteiger partial charge in [0.1, 0.15) is 0 Å². The van der Waals surface area contributed by atoms with Crippen LogP contribution in [0.5, 0.6) is 0 Å². The summed E-state index contributed by atoms with van der Waals surface area (Å²) in [5.41, 5.74) is 4.71. The number of aryl methyl sites for hydroxylation is 3. The van der Waals surface area contributed by atoms with E-state index in [2.05, 4.69) is 24.3 Å². The molecule has 0 fully saturated rings. The number of hydrogen-bond donors (Lipinski definition) is 1. The molecule has 1 N–H and O–H groups in total. The van der Waals surface area contributed by atoms with Crippen LogP contribution >= 0.6 is 0 Å². The van der Waals surface area contributed by atoms with Crippen molar-refractivity contribution in [2.75, 3.05) is 13.1 Å². The van der Waals surface area contributed by atoms with Crippen LogP contribution < -0.4 is 5.32 Å². The maximum Gasteiger partial charge on any atom is 0.162 e. The predicted molar refractivity (Wildman–Crippen MR) is 83.0 cm³/mol. The molecule has 0 aliphatic heterocycles. The number of nitrogens with one attached hydrogen (secondary N) is 1. The molecular formula is C16H23N5. The Morgan fingerprint density at radius 1 is 1.38 bits per heavy atom. The monoisotopic (exact) mass is 285 g/mol. The van der Waals surface area contributed by atoms with Crippen LogP contribution in [0.3, 0.4) is 0 Å². The largest absolute Gasteiger partial charge is 0.317 e. The van der Waals surface area contributed by atoms with Crippen LogP contribution in [0.1, 0.15) is 30.3 Å². The van der Waals surface area contributed by atoms with E-state index in [1.165, 1.54) is 17.7 Å². The molecular weight excluding hydrogens is 262 g/mol. The molecule has 21 heavy (non-hydrogen) atoms. The number of fused-ring (bicyclic) bond motifs is 1. The van der Waals surface area contributed by atoms with Gasteiger partial charge in [-0.3, -0.25) is 4.68 Å². The Balaban J connectivity index is 1.86. The first-order valence-corrected chi connectivity index (χ1v) is 7.73. The van der Waals surface area contributed by atoms with E-state index >= 15 is 0 Å². The van der Waals surface area contributed by atoms with E-state index in [0.29, 0.717) is 5.92 Å². The summed E-state index contributed by atoms with van der Waals surface area (Å²) in [6.07, 6.45) is 7.17. The third-order valence-electron chi connectivity index (χ3n) is 4.23. The van der Waals surface area contributed by atoms with E-state index in [4.69, 9.17) is 9.97 Å². The third kappa shape index (κ3) is 2.97. The van der Waals surface area contributed by atoms with Gasteiger partial charge in [-0.1, -0.05) is 6.92 Å². The van der Waals surface area contributed by atoms with Gasteiger partial charge in [-0.2, -0.15) is 5.10 Å². The third-order valence-corrected chi connectivity index (χ3v) is 4.23. The van der Waals surface area contributed by atoms with Gasteiger partial charge in [-0.15, -0.1) is 0 Å². The number of nitrogens with zero attached hydrogens (tertiary/aromatic N) is 4. The standard InChI is InChI=1S/C16H23N5/c1-4-17-8-12-5-6-15-14(7-12)11(2)19-16(20-15)13-9-18-21(3)10-13/h9-10,12,17H,4-8H2,1-3H3. The SMILES string of the molecule is CCNCC1CCc2nc(-c3cnn(C)c3)nc(C)c2C1. The molecule has 0 aromatic carbocycles. The zero-order valence-corrected chi connectivity index (χ0v) is 13.1. The highest BCUT2D eigenvalue weighted by Gasteiger charge is 2.22. The van der Waals surface area contributed by atoms with Gasteiger partial charge in [0.15, 0.2) is 5.82 Å². The van der Waals surface area contributed by atoms with E-state index < -0.39 is 0 Å². The molecule has 2 heterocycles. The first-order valence-electron chi connectivity index (χ1n) is 7.73.